The third kappa shape index (κ3) is 6.63. The topological polar surface area (TPSA) is 128 Å². The zero-order valence-corrected chi connectivity index (χ0v) is 34.8. The van der Waals surface area contributed by atoms with E-state index in [0.717, 1.165) is 81.1 Å². The number of cyclic esters (lactones) is 1. The number of pyridine rings is 1. The number of aryl methyl sites for hydroxylation is 1. The quantitative estimate of drug-likeness (QED) is 0.170. The van der Waals surface area contributed by atoms with E-state index in [0.29, 0.717) is 31.7 Å². The van der Waals surface area contributed by atoms with Gasteiger partial charge in [-0.05, 0) is 99.2 Å². The van der Waals surface area contributed by atoms with Crippen LogP contribution in [0.25, 0.3) is 33.4 Å². The maximum atomic E-state index is 14.5. The Morgan fingerprint density at radius 1 is 1.14 bits per heavy atom. The predicted molar refractivity (Wildman–Crippen MR) is 224 cm³/mol. The smallest absolute Gasteiger partial charge is 0.324 e. The van der Waals surface area contributed by atoms with E-state index in [1.807, 2.05) is 36.7 Å². The van der Waals surface area contributed by atoms with Gasteiger partial charge in [0.05, 0.1) is 40.2 Å². The zero-order valence-electron chi connectivity index (χ0n) is 34.0. The molecular formula is C46H52N6O5S. The summed E-state index contributed by atoms with van der Waals surface area (Å²) in [6.45, 7) is 9.76. The molecule has 2 aliphatic heterocycles. The van der Waals surface area contributed by atoms with Crippen molar-refractivity contribution >= 4 is 40.0 Å². The van der Waals surface area contributed by atoms with Crippen LogP contribution in [0.15, 0.2) is 66.2 Å². The van der Waals surface area contributed by atoms with Gasteiger partial charge in [0, 0.05) is 65.6 Å². The van der Waals surface area contributed by atoms with Gasteiger partial charge in [-0.1, -0.05) is 44.2 Å². The van der Waals surface area contributed by atoms with E-state index in [1.165, 1.54) is 21.9 Å². The Morgan fingerprint density at radius 2 is 1.98 bits per heavy atom. The summed E-state index contributed by atoms with van der Waals surface area (Å²) in [5, 5.41) is 8.66. The van der Waals surface area contributed by atoms with Crippen molar-refractivity contribution in [3.05, 3.63) is 93.6 Å². The first-order valence-corrected chi connectivity index (χ1v) is 21.6. The van der Waals surface area contributed by atoms with Gasteiger partial charge < -0.3 is 19.4 Å². The Kier molecular flexibility index (Phi) is 10.0. The molecule has 3 aromatic heterocycles. The highest BCUT2D eigenvalue weighted by atomic mass is 32.1. The molecule has 11 nitrogen and oxygen atoms in total. The molecule has 302 valence electrons. The molecule has 1 saturated carbocycles. The van der Waals surface area contributed by atoms with Crippen LogP contribution in [0.2, 0.25) is 0 Å². The molecule has 9 rings (SSSR count). The summed E-state index contributed by atoms with van der Waals surface area (Å²) in [7, 11) is 1.70. The number of esters is 1. The van der Waals surface area contributed by atoms with Crippen LogP contribution >= 0.6 is 11.3 Å². The first-order chi connectivity index (χ1) is 28.0. The average Bonchev–Trinajstić information content (AvgIpc) is 4.04. The number of amides is 2. The highest BCUT2D eigenvalue weighted by Gasteiger charge is 2.54. The number of fused-ring (bicyclic) bond motifs is 11. The molecule has 2 aliphatic carbocycles. The molecule has 0 unspecified atom stereocenters. The lowest BCUT2D eigenvalue weighted by molar-refractivity contribution is -0.155. The molecule has 2 N–H and O–H groups in total. The summed E-state index contributed by atoms with van der Waals surface area (Å²) < 4.78 is 14.3. The maximum Gasteiger partial charge on any atom is 0.324 e. The molecular weight excluding hydrogens is 749 g/mol. The van der Waals surface area contributed by atoms with Gasteiger partial charge in [-0.3, -0.25) is 24.4 Å². The normalized spacial score (nSPS) is 24.6. The number of nitrogens with zero attached hydrogens (tertiary/aromatic N) is 4. The molecule has 58 heavy (non-hydrogen) atoms. The minimum absolute atomic E-state index is 0.113. The summed E-state index contributed by atoms with van der Waals surface area (Å²) in [4.78, 5) is 52.8. The minimum Gasteiger partial charge on any atom is -0.464 e. The molecule has 1 saturated heterocycles. The van der Waals surface area contributed by atoms with Gasteiger partial charge in [0.25, 0.3) is 5.91 Å². The van der Waals surface area contributed by atoms with E-state index < -0.39 is 28.9 Å². The first kappa shape index (κ1) is 38.6. The lowest BCUT2D eigenvalue weighted by atomic mass is 9.78. The SMILES string of the molecule is CCn1c(-c2cccnc2[C@H](C)OC)c2c3cc(ccc31)-c1csc(n1)C[C@H](NC(=O)[C@@]13CC[C@@H](C1)c1ccccc13)C(=O)N1CCC[C@H](N1)C(=O)OCC(C)(C)C2. The van der Waals surface area contributed by atoms with Crippen molar-refractivity contribution in [1.82, 2.24) is 30.3 Å². The molecule has 5 aromatic rings. The monoisotopic (exact) mass is 800 g/mol. The van der Waals surface area contributed by atoms with Gasteiger partial charge in [-0.25, -0.2) is 10.4 Å². The fourth-order valence-corrected chi connectivity index (χ4v) is 10.9. The number of carbonyl (C=O) groups excluding carboxylic acids is 3. The van der Waals surface area contributed by atoms with Gasteiger partial charge in [-0.15, -0.1) is 11.3 Å². The molecule has 2 amide bonds. The average molecular weight is 801 g/mol. The van der Waals surface area contributed by atoms with Crippen molar-refractivity contribution in [1.29, 1.82) is 0 Å². The van der Waals surface area contributed by atoms with Gasteiger partial charge >= 0.3 is 5.97 Å². The molecule has 2 fully saturated rings. The Balaban J connectivity index is 1.14. The van der Waals surface area contributed by atoms with Crippen molar-refractivity contribution in [2.45, 2.75) is 109 Å². The van der Waals surface area contributed by atoms with Crippen LogP contribution in [-0.2, 0) is 48.7 Å². The number of benzene rings is 2. The van der Waals surface area contributed by atoms with Crippen molar-refractivity contribution in [2.24, 2.45) is 5.41 Å². The third-order valence-electron chi connectivity index (χ3n) is 13.0. The molecule has 2 aromatic carbocycles. The van der Waals surface area contributed by atoms with Gasteiger partial charge in [-0.2, -0.15) is 0 Å². The van der Waals surface area contributed by atoms with Crippen molar-refractivity contribution in [3.63, 3.8) is 0 Å². The number of hydrogen-bond donors (Lipinski definition) is 2. The van der Waals surface area contributed by atoms with Crippen LogP contribution in [0.4, 0.5) is 0 Å². The van der Waals surface area contributed by atoms with Crippen molar-refractivity contribution < 1.29 is 23.9 Å². The highest BCUT2D eigenvalue weighted by Crippen LogP contribution is 2.57. The van der Waals surface area contributed by atoms with E-state index in [2.05, 4.69) is 72.5 Å². The molecule has 0 radical (unpaired) electrons. The van der Waals surface area contributed by atoms with E-state index in [9.17, 15) is 14.4 Å². The second-order valence-electron chi connectivity index (χ2n) is 17.3. The standard InChI is InChI=1S/C46H52N6O5S/c1-6-51-38-16-15-28-21-32(38)33(41(51)31-12-9-19-47-40(31)27(2)56-5)24-45(3,4)26-57-43(54)35-14-10-20-52(50-35)42(53)36(22-39-48-37(28)25-58-39)49-44(55)46-18-17-29(23-46)30-11-7-8-13-34(30)46/h7-9,11-13,15-16,19,21,25,27,29,35-36,50H,6,10,14,17-18,20,22-24,26H2,1-5H3,(H,49,55)/t27-,29-,35-,36-,46-/m0/s1. The van der Waals surface area contributed by atoms with Crippen LogP contribution < -0.4 is 10.7 Å². The number of thiazole rings is 1. The second kappa shape index (κ2) is 15.0. The van der Waals surface area contributed by atoms with Gasteiger partial charge in [0.1, 0.15) is 12.1 Å². The van der Waals surface area contributed by atoms with E-state index in [4.69, 9.17) is 19.4 Å². The number of hydrazine groups is 1. The Hall–Kier alpha value is -4.91. The highest BCUT2D eigenvalue weighted by molar-refractivity contribution is 7.10. The van der Waals surface area contributed by atoms with Crippen LogP contribution in [0.1, 0.15) is 99.2 Å². The second-order valence-corrected chi connectivity index (χ2v) is 18.3. The lowest BCUT2D eigenvalue weighted by Crippen LogP contribution is -2.61. The summed E-state index contributed by atoms with van der Waals surface area (Å²) in [5.74, 6) is -0.428. The molecule has 8 bridgehead atoms. The number of carbonyl (C=O) groups is 3. The molecule has 0 spiro atoms. The predicted octanol–water partition coefficient (Wildman–Crippen LogP) is 7.42. The Morgan fingerprint density at radius 3 is 2.81 bits per heavy atom. The fraction of sp³-hybridized carbons (Fsp3) is 0.457. The first-order valence-electron chi connectivity index (χ1n) is 20.7. The van der Waals surface area contributed by atoms with E-state index in [1.54, 1.807) is 7.11 Å². The number of methoxy groups -OCH3 is 1. The molecule has 5 heterocycles. The van der Waals surface area contributed by atoms with Crippen LogP contribution in [0, 0.1) is 5.41 Å². The van der Waals surface area contributed by atoms with Gasteiger partial charge in [0.15, 0.2) is 0 Å². The van der Waals surface area contributed by atoms with Crippen molar-refractivity contribution in [2.75, 3.05) is 20.3 Å². The molecule has 5 atom stereocenters. The maximum absolute atomic E-state index is 14.5. The van der Waals surface area contributed by atoms with Crippen LogP contribution in [0.5, 0.6) is 0 Å². The number of aromatic nitrogens is 3. The molecule has 4 aliphatic rings. The van der Waals surface area contributed by atoms with Crippen LogP contribution in [-0.4, -0.2) is 69.7 Å². The Bertz CT molecular complexity index is 2420. The summed E-state index contributed by atoms with van der Waals surface area (Å²) in [6, 6.07) is 17.3. The number of rotatable bonds is 6. The van der Waals surface area contributed by atoms with Crippen molar-refractivity contribution in [3.8, 4) is 22.5 Å². The van der Waals surface area contributed by atoms with Crippen LogP contribution in [0.3, 0.4) is 0 Å². The fourth-order valence-electron chi connectivity index (χ4n) is 10.0. The number of nitrogens with one attached hydrogen (secondary N) is 2. The number of ether oxygens (including phenoxy) is 2. The zero-order chi connectivity index (χ0) is 40.3. The number of hydrogen-bond acceptors (Lipinski definition) is 9. The lowest BCUT2D eigenvalue weighted by Gasteiger charge is -2.36. The van der Waals surface area contributed by atoms with E-state index in [-0.39, 0.29) is 30.9 Å². The third-order valence-corrected chi connectivity index (χ3v) is 13.9. The minimum atomic E-state index is -0.883. The summed E-state index contributed by atoms with van der Waals surface area (Å²) in [5.41, 5.74) is 11.4. The Labute approximate surface area is 343 Å². The summed E-state index contributed by atoms with van der Waals surface area (Å²) in [6.07, 6.45) is 6.06. The molecule has 12 heteroatoms. The van der Waals surface area contributed by atoms with E-state index >= 15 is 0 Å². The largest absolute Gasteiger partial charge is 0.464 e. The summed E-state index contributed by atoms with van der Waals surface area (Å²) >= 11 is 1.50. The van der Waals surface area contributed by atoms with Gasteiger partial charge in [0.2, 0.25) is 5.91 Å².